The van der Waals surface area contributed by atoms with Gasteiger partial charge in [0, 0.05) is 16.2 Å². The highest BCUT2D eigenvalue weighted by molar-refractivity contribution is 6.33. The zero-order valence-corrected chi connectivity index (χ0v) is 12.1. The van der Waals surface area contributed by atoms with Crippen molar-refractivity contribution < 1.29 is 0 Å². The van der Waals surface area contributed by atoms with E-state index < -0.39 is 0 Å². The molecule has 100 valence electrons. The molecule has 5 heteroatoms. The van der Waals surface area contributed by atoms with Crippen LogP contribution in [0.4, 0.5) is 0 Å². The highest BCUT2D eigenvalue weighted by atomic mass is 35.5. The van der Waals surface area contributed by atoms with Gasteiger partial charge in [0.1, 0.15) is 6.33 Å². The van der Waals surface area contributed by atoms with Gasteiger partial charge in [0.05, 0.1) is 11.7 Å². The van der Waals surface area contributed by atoms with Crippen LogP contribution in [0.25, 0.3) is 0 Å². The number of nitrogens with zero attached hydrogens (tertiary/aromatic N) is 2. The minimum absolute atomic E-state index is 0.0749. The third-order valence-corrected chi connectivity index (χ3v) is 3.35. The van der Waals surface area contributed by atoms with Crippen LogP contribution >= 0.6 is 23.2 Å². The molecule has 1 N–H and O–H groups in total. The number of hydrogen-bond acceptors (Lipinski definition) is 3. The second kappa shape index (κ2) is 6.85. The van der Waals surface area contributed by atoms with Gasteiger partial charge in [-0.15, -0.1) is 0 Å². The molecule has 0 aliphatic rings. The first-order valence-corrected chi connectivity index (χ1v) is 6.92. The van der Waals surface area contributed by atoms with Crippen LogP contribution < -0.4 is 5.32 Å². The van der Waals surface area contributed by atoms with Crippen LogP contribution in [0, 0.1) is 0 Å². The zero-order valence-electron chi connectivity index (χ0n) is 10.6. The van der Waals surface area contributed by atoms with Crippen molar-refractivity contribution in [3.63, 3.8) is 0 Å². The summed E-state index contributed by atoms with van der Waals surface area (Å²) in [5.74, 6) is 0. The maximum absolute atomic E-state index is 6.28. The van der Waals surface area contributed by atoms with Crippen molar-refractivity contribution in [3.8, 4) is 0 Å². The second-order valence-electron chi connectivity index (χ2n) is 4.19. The van der Waals surface area contributed by atoms with Gasteiger partial charge in [0.25, 0.3) is 0 Å². The molecule has 1 unspecified atom stereocenters. The predicted molar refractivity (Wildman–Crippen MR) is 78.6 cm³/mol. The molecule has 2 rings (SSSR count). The van der Waals surface area contributed by atoms with Crippen molar-refractivity contribution in [3.05, 3.63) is 58.1 Å². The Bertz CT molecular complexity index is 531. The van der Waals surface area contributed by atoms with Crippen molar-refractivity contribution in [2.75, 3.05) is 6.54 Å². The molecular formula is C14H15Cl2N3. The Morgan fingerprint density at radius 2 is 2.11 bits per heavy atom. The van der Waals surface area contributed by atoms with Gasteiger partial charge < -0.3 is 5.32 Å². The average Bonchev–Trinajstić information content (AvgIpc) is 2.44. The molecule has 0 amide bonds. The van der Waals surface area contributed by atoms with E-state index >= 15 is 0 Å². The van der Waals surface area contributed by atoms with Gasteiger partial charge in [-0.25, -0.2) is 9.97 Å². The molecule has 1 aromatic heterocycles. The van der Waals surface area contributed by atoms with E-state index in [2.05, 4.69) is 22.2 Å². The van der Waals surface area contributed by atoms with E-state index in [1.807, 2.05) is 12.1 Å². The maximum Gasteiger partial charge on any atom is 0.115 e. The number of hydrogen-bond donors (Lipinski definition) is 1. The molecule has 0 saturated carbocycles. The summed E-state index contributed by atoms with van der Waals surface area (Å²) in [6, 6.07) is 7.27. The second-order valence-corrected chi connectivity index (χ2v) is 5.03. The highest BCUT2D eigenvalue weighted by Gasteiger charge is 2.17. The van der Waals surface area contributed by atoms with E-state index in [9.17, 15) is 0 Å². The lowest BCUT2D eigenvalue weighted by molar-refractivity contribution is 0.585. The van der Waals surface area contributed by atoms with Gasteiger partial charge in [-0.3, -0.25) is 0 Å². The topological polar surface area (TPSA) is 37.8 Å². The Balaban J connectivity index is 2.40. The highest BCUT2D eigenvalue weighted by Crippen LogP contribution is 2.29. The van der Waals surface area contributed by atoms with Crippen LogP contribution in [0.5, 0.6) is 0 Å². The van der Waals surface area contributed by atoms with E-state index in [-0.39, 0.29) is 6.04 Å². The van der Waals surface area contributed by atoms with E-state index in [0.717, 1.165) is 24.2 Å². The molecule has 19 heavy (non-hydrogen) atoms. The van der Waals surface area contributed by atoms with Gasteiger partial charge >= 0.3 is 0 Å². The first kappa shape index (κ1) is 14.3. The summed E-state index contributed by atoms with van der Waals surface area (Å²) >= 11 is 12.3. The molecule has 1 aromatic carbocycles. The van der Waals surface area contributed by atoms with Gasteiger partial charge in [-0.2, -0.15) is 0 Å². The Labute approximate surface area is 123 Å². The van der Waals surface area contributed by atoms with Gasteiger partial charge in [-0.1, -0.05) is 30.1 Å². The summed E-state index contributed by atoms with van der Waals surface area (Å²) in [5.41, 5.74) is 1.81. The van der Waals surface area contributed by atoms with E-state index in [0.29, 0.717) is 10.0 Å². The molecule has 1 heterocycles. The SMILES string of the molecule is CCCNC(c1ccncn1)c1cc(Cl)ccc1Cl. The molecule has 0 fully saturated rings. The minimum Gasteiger partial charge on any atom is -0.305 e. The summed E-state index contributed by atoms with van der Waals surface area (Å²) in [6.45, 7) is 2.99. The van der Waals surface area contributed by atoms with Crippen LogP contribution in [0.2, 0.25) is 10.0 Å². The number of aromatic nitrogens is 2. The number of nitrogens with one attached hydrogen (secondary N) is 1. The van der Waals surface area contributed by atoms with Gasteiger partial charge in [0.15, 0.2) is 0 Å². The molecule has 0 bridgehead atoms. The molecule has 0 aliphatic heterocycles. The smallest absolute Gasteiger partial charge is 0.115 e. The molecule has 0 saturated heterocycles. The van der Waals surface area contributed by atoms with Crippen LogP contribution in [0.3, 0.4) is 0 Å². The predicted octanol–water partition coefficient (Wildman–Crippen LogP) is 3.87. The molecule has 2 aromatic rings. The van der Waals surface area contributed by atoms with Crippen molar-refractivity contribution >= 4 is 23.2 Å². The van der Waals surface area contributed by atoms with Crippen molar-refractivity contribution in [2.45, 2.75) is 19.4 Å². The fraction of sp³-hybridized carbons (Fsp3) is 0.286. The van der Waals surface area contributed by atoms with E-state index in [1.165, 1.54) is 6.33 Å². The Morgan fingerprint density at radius 1 is 1.26 bits per heavy atom. The van der Waals surface area contributed by atoms with Crippen LogP contribution in [0.1, 0.15) is 30.6 Å². The number of rotatable bonds is 5. The Morgan fingerprint density at radius 3 is 2.79 bits per heavy atom. The molecule has 3 nitrogen and oxygen atoms in total. The third-order valence-electron chi connectivity index (χ3n) is 2.77. The lowest BCUT2D eigenvalue weighted by Gasteiger charge is -2.19. The van der Waals surface area contributed by atoms with E-state index in [1.54, 1.807) is 18.3 Å². The normalized spacial score (nSPS) is 12.4. The molecule has 0 spiro atoms. The van der Waals surface area contributed by atoms with Crippen LogP contribution in [0.15, 0.2) is 36.8 Å². The van der Waals surface area contributed by atoms with E-state index in [4.69, 9.17) is 23.2 Å². The maximum atomic E-state index is 6.28. The summed E-state index contributed by atoms with van der Waals surface area (Å²) < 4.78 is 0. The fourth-order valence-electron chi connectivity index (χ4n) is 1.87. The largest absolute Gasteiger partial charge is 0.305 e. The molecule has 0 aliphatic carbocycles. The Hall–Kier alpha value is -1.16. The summed E-state index contributed by atoms with van der Waals surface area (Å²) in [6.07, 6.45) is 4.29. The molecule has 1 atom stereocenters. The molecule has 0 radical (unpaired) electrons. The summed E-state index contributed by atoms with van der Waals surface area (Å²) in [7, 11) is 0. The monoisotopic (exact) mass is 295 g/mol. The lowest BCUT2D eigenvalue weighted by atomic mass is 10.0. The van der Waals surface area contributed by atoms with Crippen molar-refractivity contribution in [1.29, 1.82) is 0 Å². The summed E-state index contributed by atoms with van der Waals surface area (Å²) in [5, 5.41) is 4.78. The van der Waals surface area contributed by atoms with Crippen LogP contribution in [-0.4, -0.2) is 16.5 Å². The van der Waals surface area contributed by atoms with Crippen LogP contribution in [-0.2, 0) is 0 Å². The van der Waals surface area contributed by atoms with Gasteiger partial charge in [-0.05, 0) is 42.8 Å². The number of benzene rings is 1. The summed E-state index contributed by atoms with van der Waals surface area (Å²) in [4.78, 5) is 8.25. The number of halogens is 2. The van der Waals surface area contributed by atoms with Crippen molar-refractivity contribution in [2.24, 2.45) is 0 Å². The first-order valence-electron chi connectivity index (χ1n) is 6.16. The minimum atomic E-state index is -0.0749. The average molecular weight is 296 g/mol. The quantitative estimate of drug-likeness (QED) is 0.910. The van der Waals surface area contributed by atoms with Gasteiger partial charge in [0.2, 0.25) is 0 Å². The third kappa shape index (κ3) is 3.66. The standard InChI is InChI=1S/C14H15Cl2N3/c1-2-6-18-14(13-5-7-17-9-19-13)11-8-10(15)3-4-12(11)16/h3-5,7-9,14,18H,2,6H2,1H3. The van der Waals surface area contributed by atoms with Crippen molar-refractivity contribution in [1.82, 2.24) is 15.3 Å². The lowest BCUT2D eigenvalue weighted by Crippen LogP contribution is -2.24. The molecular weight excluding hydrogens is 281 g/mol. The zero-order chi connectivity index (χ0) is 13.7. The Kier molecular flexibility index (Phi) is 5.14. The first-order chi connectivity index (χ1) is 9.22. The fourth-order valence-corrected chi connectivity index (χ4v) is 2.28.